The van der Waals surface area contributed by atoms with Crippen LogP contribution in [0.2, 0.25) is 0 Å². The summed E-state index contributed by atoms with van der Waals surface area (Å²) in [6.45, 7) is 1.57. The number of carbonyl (C=O) groups is 2. The van der Waals surface area contributed by atoms with E-state index in [0.717, 1.165) is 32.8 Å². The molecule has 210 valence electrons. The van der Waals surface area contributed by atoms with E-state index >= 15 is 0 Å². The van der Waals surface area contributed by atoms with Crippen molar-refractivity contribution in [2.75, 3.05) is 33.4 Å². The van der Waals surface area contributed by atoms with Crippen molar-refractivity contribution in [3.8, 4) is 0 Å². The van der Waals surface area contributed by atoms with Crippen LogP contribution in [0.1, 0.15) is 27.9 Å². The number of rotatable bonds is 12. The maximum atomic E-state index is 13.8. The van der Waals surface area contributed by atoms with Crippen molar-refractivity contribution in [1.82, 2.24) is 14.8 Å². The molecule has 0 atom stereocenters. The highest BCUT2D eigenvalue weighted by Gasteiger charge is 2.23. The second-order valence-corrected chi connectivity index (χ2v) is 10.2. The van der Waals surface area contributed by atoms with Gasteiger partial charge in [0.25, 0.3) is 5.91 Å². The molecule has 4 aromatic carbocycles. The Morgan fingerprint density at radius 1 is 0.854 bits per heavy atom. The van der Waals surface area contributed by atoms with Gasteiger partial charge in [-0.3, -0.25) is 9.59 Å². The molecule has 2 amide bonds. The second-order valence-electron chi connectivity index (χ2n) is 10.2. The van der Waals surface area contributed by atoms with Crippen molar-refractivity contribution in [3.63, 3.8) is 0 Å². The molecule has 0 aliphatic carbocycles. The Kier molecular flexibility index (Phi) is 9.06. The molecular formula is C34H34FN3O3. The molecule has 0 aliphatic heterocycles. The van der Waals surface area contributed by atoms with Gasteiger partial charge < -0.3 is 19.5 Å². The Morgan fingerprint density at radius 2 is 1.61 bits per heavy atom. The third-order valence-corrected chi connectivity index (χ3v) is 7.35. The SMILES string of the molecule is COCCCN(CC(=O)N(CCc1c[nH]c2ccccc12)Cc1ccc(F)cc1)C(=O)c1ccc2ccccc2c1. The van der Waals surface area contributed by atoms with Crippen LogP contribution < -0.4 is 0 Å². The fraction of sp³-hybridized carbons (Fsp3) is 0.235. The lowest BCUT2D eigenvalue weighted by Gasteiger charge is -2.28. The molecule has 1 heterocycles. The molecule has 0 aliphatic rings. The van der Waals surface area contributed by atoms with Crippen LogP contribution in [0.15, 0.2) is 97.2 Å². The molecule has 0 saturated heterocycles. The average molecular weight is 552 g/mol. The van der Waals surface area contributed by atoms with Crippen LogP contribution in [-0.2, 0) is 22.5 Å². The number of nitrogens with one attached hydrogen (secondary N) is 1. The highest BCUT2D eigenvalue weighted by molar-refractivity contribution is 6.00. The van der Waals surface area contributed by atoms with Crippen molar-refractivity contribution in [3.05, 3.63) is 120 Å². The van der Waals surface area contributed by atoms with Crippen LogP contribution >= 0.6 is 0 Å². The topological polar surface area (TPSA) is 65.6 Å². The number of hydrogen-bond acceptors (Lipinski definition) is 3. The Bertz CT molecular complexity index is 1630. The Labute approximate surface area is 239 Å². The van der Waals surface area contributed by atoms with E-state index in [1.807, 2.05) is 66.9 Å². The number of benzene rings is 4. The third-order valence-electron chi connectivity index (χ3n) is 7.35. The van der Waals surface area contributed by atoms with E-state index in [1.54, 1.807) is 29.0 Å². The molecule has 0 fully saturated rings. The first kappa shape index (κ1) is 28.1. The highest BCUT2D eigenvalue weighted by Crippen LogP contribution is 2.20. The molecular weight excluding hydrogens is 517 g/mol. The number of nitrogens with zero attached hydrogens (tertiary/aromatic N) is 2. The van der Waals surface area contributed by atoms with Crippen LogP contribution in [0.5, 0.6) is 0 Å². The number of carbonyl (C=O) groups excluding carboxylic acids is 2. The maximum Gasteiger partial charge on any atom is 0.254 e. The summed E-state index contributed by atoms with van der Waals surface area (Å²) in [6.07, 6.45) is 3.22. The van der Waals surface area contributed by atoms with Gasteiger partial charge in [0.15, 0.2) is 0 Å². The number of halogens is 1. The molecule has 1 aromatic heterocycles. The summed E-state index contributed by atoms with van der Waals surface area (Å²) in [5.41, 5.74) is 3.52. The Morgan fingerprint density at radius 3 is 2.41 bits per heavy atom. The van der Waals surface area contributed by atoms with Gasteiger partial charge in [0, 0.05) is 56.0 Å². The first-order valence-electron chi connectivity index (χ1n) is 13.9. The minimum atomic E-state index is -0.323. The lowest BCUT2D eigenvalue weighted by Crippen LogP contribution is -2.44. The van der Waals surface area contributed by atoms with Crippen LogP contribution in [0, 0.1) is 5.82 Å². The van der Waals surface area contributed by atoms with E-state index in [-0.39, 0.29) is 24.2 Å². The lowest BCUT2D eigenvalue weighted by atomic mass is 10.1. The molecule has 0 radical (unpaired) electrons. The van der Waals surface area contributed by atoms with E-state index in [9.17, 15) is 14.0 Å². The average Bonchev–Trinajstić information content (AvgIpc) is 3.42. The number of hydrogen-bond donors (Lipinski definition) is 1. The van der Waals surface area contributed by atoms with Gasteiger partial charge in [-0.15, -0.1) is 0 Å². The molecule has 0 bridgehead atoms. The van der Waals surface area contributed by atoms with Gasteiger partial charge in [0.05, 0.1) is 0 Å². The molecule has 5 rings (SSSR count). The predicted molar refractivity (Wildman–Crippen MR) is 160 cm³/mol. The number of H-pyrrole nitrogens is 1. The summed E-state index contributed by atoms with van der Waals surface area (Å²) in [5.74, 6) is -0.685. The molecule has 1 N–H and O–H groups in total. The van der Waals surface area contributed by atoms with Gasteiger partial charge in [-0.05, 0) is 65.1 Å². The quantitative estimate of drug-likeness (QED) is 0.188. The molecule has 41 heavy (non-hydrogen) atoms. The van der Waals surface area contributed by atoms with Crippen molar-refractivity contribution in [1.29, 1.82) is 0 Å². The Hall–Kier alpha value is -4.49. The van der Waals surface area contributed by atoms with Crippen molar-refractivity contribution in [2.24, 2.45) is 0 Å². The fourth-order valence-corrected chi connectivity index (χ4v) is 5.12. The third kappa shape index (κ3) is 6.99. The summed E-state index contributed by atoms with van der Waals surface area (Å²) in [4.78, 5) is 34.2. The van der Waals surface area contributed by atoms with E-state index in [2.05, 4.69) is 11.1 Å². The van der Waals surface area contributed by atoms with E-state index in [0.29, 0.717) is 44.6 Å². The van der Waals surface area contributed by atoms with Gasteiger partial charge in [-0.1, -0.05) is 60.7 Å². The van der Waals surface area contributed by atoms with Crippen LogP contribution in [0.4, 0.5) is 4.39 Å². The minimum absolute atomic E-state index is 0.0650. The van der Waals surface area contributed by atoms with E-state index in [4.69, 9.17) is 4.74 Å². The number of methoxy groups -OCH3 is 1. The predicted octanol–water partition coefficient (Wildman–Crippen LogP) is 6.21. The molecule has 0 unspecified atom stereocenters. The number of para-hydroxylation sites is 1. The first-order valence-corrected chi connectivity index (χ1v) is 13.9. The van der Waals surface area contributed by atoms with Crippen molar-refractivity contribution >= 4 is 33.5 Å². The second kappa shape index (κ2) is 13.2. The molecule has 0 saturated carbocycles. The molecule has 5 aromatic rings. The van der Waals surface area contributed by atoms with Gasteiger partial charge in [-0.25, -0.2) is 4.39 Å². The number of ether oxygens (including phenoxy) is 1. The highest BCUT2D eigenvalue weighted by atomic mass is 19.1. The minimum Gasteiger partial charge on any atom is -0.385 e. The number of amides is 2. The number of fused-ring (bicyclic) bond motifs is 2. The van der Waals surface area contributed by atoms with Crippen LogP contribution in [0.3, 0.4) is 0 Å². The molecule has 0 spiro atoms. The molecule has 7 heteroatoms. The lowest BCUT2D eigenvalue weighted by molar-refractivity contribution is -0.132. The summed E-state index contributed by atoms with van der Waals surface area (Å²) < 4.78 is 18.8. The summed E-state index contributed by atoms with van der Waals surface area (Å²) >= 11 is 0. The standard InChI is InChI=1S/C34H34FN3O3/c1-41-20-6-18-38(34(40)28-14-13-26-7-2-3-8-27(26)21-28)24-33(39)37(23-25-11-15-30(35)16-12-25)19-17-29-22-36-32-10-5-4-9-31(29)32/h2-5,7-16,21-22,36H,6,17-20,23-24H2,1H3. The van der Waals surface area contributed by atoms with Gasteiger partial charge in [0.2, 0.25) is 5.91 Å². The normalized spacial score (nSPS) is 11.2. The number of aromatic amines is 1. The monoisotopic (exact) mass is 551 g/mol. The zero-order chi connectivity index (χ0) is 28.6. The Balaban J connectivity index is 1.37. The zero-order valence-electron chi connectivity index (χ0n) is 23.2. The van der Waals surface area contributed by atoms with Crippen molar-refractivity contribution < 1.29 is 18.7 Å². The van der Waals surface area contributed by atoms with Gasteiger partial charge in [0.1, 0.15) is 12.4 Å². The maximum absolute atomic E-state index is 13.8. The summed E-state index contributed by atoms with van der Waals surface area (Å²) in [5, 5.41) is 3.14. The van der Waals surface area contributed by atoms with Crippen molar-refractivity contribution in [2.45, 2.75) is 19.4 Å². The summed E-state index contributed by atoms with van der Waals surface area (Å²) in [7, 11) is 1.62. The number of aromatic nitrogens is 1. The van der Waals surface area contributed by atoms with E-state index in [1.165, 1.54) is 12.1 Å². The summed E-state index contributed by atoms with van der Waals surface area (Å²) in [6, 6.07) is 27.8. The van der Waals surface area contributed by atoms with Crippen LogP contribution in [0.25, 0.3) is 21.7 Å². The fourth-order valence-electron chi connectivity index (χ4n) is 5.12. The van der Waals surface area contributed by atoms with Gasteiger partial charge >= 0.3 is 0 Å². The zero-order valence-corrected chi connectivity index (χ0v) is 23.2. The molecule has 6 nitrogen and oxygen atoms in total. The van der Waals surface area contributed by atoms with E-state index < -0.39 is 0 Å². The van der Waals surface area contributed by atoms with Crippen LogP contribution in [-0.4, -0.2) is 59.9 Å². The van der Waals surface area contributed by atoms with Gasteiger partial charge in [-0.2, -0.15) is 0 Å². The first-order chi connectivity index (χ1) is 20.0. The smallest absolute Gasteiger partial charge is 0.254 e. The largest absolute Gasteiger partial charge is 0.385 e.